The maximum absolute atomic E-state index is 5.15. The summed E-state index contributed by atoms with van der Waals surface area (Å²) in [5.41, 5.74) is 6.65. The first-order chi connectivity index (χ1) is 4.04. The lowest BCUT2D eigenvalue weighted by atomic mass is 10.3. The van der Waals surface area contributed by atoms with Gasteiger partial charge in [-0.15, -0.1) is 0 Å². The summed E-state index contributed by atoms with van der Waals surface area (Å²) in [6.45, 7) is 9.07. The molecule has 0 aliphatic heterocycles. The van der Waals surface area contributed by atoms with E-state index in [9.17, 15) is 0 Å². The molecule has 0 unspecified atom stereocenters. The van der Waals surface area contributed by atoms with Crippen LogP contribution in [0.1, 0.15) is 6.92 Å². The molecule has 3 heteroatoms. The van der Waals surface area contributed by atoms with Gasteiger partial charge in [0.25, 0.3) is 0 Å². The minimum absolute atomic E-state index is 0.225. The van der Waals surface area contributed by atoms with Gasteiger partial charge in [-0.3, -0.25) is 0 Å². The van der Waals surface area contributed by atoms with Crippen LogP contribution in [-0.4, -0.2) is 5.11 Å². The molecule has 0 aliphatic carbocycles. The highest BCUT2D eigenvalue weighted by Crippen LogP contribution is 1.96. The molecule has 0 saturated heterocycles. The Morgan fingerprint density at radius 3 is 2.11 bits per heavy atom. The predicted molar refractivity (Wildman–Crippen MR) is 43.9 cm³/mol. The molecular formula is C6H10N2S. The van der Waals surface area contributed by atoms with Gasteiger partial charge in [0.2, 0.25) is 0 Å². The fraction of sp³-hybridized carbons (Fsp3) is 0.167. The predicted octanol–water partition coefficient (Wildman–Crippen LogP) is 0.909. The largest absolute Gasteiger partial charge is 0.376 e. The number of hydrogen-bond donors (Lipinski definition) is 2. The number of thiocarbonyl (C=S) groups is 1. The van der Waals surface area contributed by atoms with Gasteiger partial charge in [0, 0.05) is 5.70 Å². The second-order valence-electron chi connectivity index (χ2n) is 1.75. The first kappa shape index (κ1) is 8.17. The van der Waals surface area contributed by atoms with Gasteiger partial charge in [0.15, 0.2) is 5.11 Å². The smallest absolute Gasteiger partial charge is 0.168 e. The van der Waals surface area contributed by atoms with E-state index in [-0.39, 0.29) is 5.11 Å². The molecule has 0 saturated carbocycles. The fourth-order valence-corrected chi connectivity index (χ4v) is 0.379. The van der Waals surface area contributed by atoms with Gasteiger partial charge in [0.05, 0.1) is 0 Å². The molecule has 0 aliphatic rings. The Morgan fingerprint density at radius 1 is 1.56 bits per heavy atom. The molecule has 0 rings (SSSR count). The van der Waals surface area contributed by atoms with Crippen LogP contribution in [0.2, 0.25) is 0 Å². The molecule has 2 nitrogen and oxygen atoms in total. The topological polar surface area (TPSA) is 38.0 Å². The third kappa shape index (κ3) is 3.73. The molecular weight excluding hydrogens is 132 g/mol. The van der Waals surface area contributed by atoms with Crippen LogP contribution >= 0.6 is 12.2 Å². The van der Waals surface area contributed by atoms with Crippen molar-refractivity contribution in [1.82, 2.24) is 5.32 Å². The molecule has 0 aromatic carbocycles. The average Bonchev–Trinajstić information content (AvgIpc) is 1.63. The van der Waals surface area contributed by atoms with Crippen molar-refractivity contribution in [3.05, 3.63) is 24.4 Å². The molecule has 0 heterocycles. The Hall–Kier alpha value is -0.830. The molecule has 3 N–H and O–H groups in total. The van der Waals surface area contributed by atoms with Gasteiger partial charge in [0.1, 0.15) is 0 Å². The zero-order valence-corrected chi connectivity index (χ0v) is 6.22. The van der Waals surface area contributed by atoms with Crippen molar-refractivity contribution in [2.45, 2.75) is 6.92 Å². The van der Waals surface area contributed by atoms with Crippen LogP contribution in [0.25, 0.3) is 0 Å². The SMILES string of the molecule is C=C(C)C(=C)NC(N)=S. The van der Waals surface area contributed by atoms with E-state index in [1.807, 2.05) is 6.92 Å². The Balaban J connectivity index is 3.79. The van der Waals surface area contributed by atoms with Crippen LogP contribution in [0, 0.1) is 0 Å². The van der Waals surface area contributed by atoms with E-state index >= 15 is 0 Å². The van der Waals surface area contributed by atoms with Crippen molar-refractivity contribution in [1.29, 1.82) is 0 Å². The zero-order valence-electron chi connectivity index (χ0n) is 5.40. The van der Waals surface area contributed by atoms with Crippen molar-refractivity contribution < 1.29 is 0 Å². The minimum Gasteiger partial charge on any atom is -0.376 e. The first-order valence-corrected chi connectivity index (χ1v) is 2.86. The Bertz CT molecular complexity index is 160. The summed E-state index contributed by atoms with van der Waals surface area (Å²) in [7, 11) is 0. The van der Waals surface area contributed by atoms with Gasteiger partial charge >= 0.3 is 0 Å². The van der Waals surface area contributed by atoms with Gasteiger partial charge < -0.3 is 11.1 Å². The Kier molecular flexibility index (Phi) is 2.95. The summed E-state index contributed by atoms with van der Waals surface area (Å²) in [6.07, 6.45) is 0. The molecule has 50 valence electrons. The van der Waals surface area contributed by atoms with Crippen molar-refractivity contribution in [3.8, 4) is 0 Å². The highest BCUT2D eigenvalue weighted by Gasteiger charge is 1.91. The van der Waals surface area contributed by atoms with Gasteiger partial charge in [-0.2, -0.15) is 0 Å². The number of nitrogens with one attached hydrogen (secondary N) is 1. The van der Waals surface area contributed by atoms with Crippen LogP contribution in [0.5, 0.6) is 0 Å². The van der Waals surface area contributed by atoms with Crippen LogP contribution in [0.4, 0.5) is 0 Å². The van der Waals surface area contributed by atoms with E-state index in [1.165, 1.54) is 0 Å². The Labute approximate surface area is 60.4 Å². The summed E-state index contributed by atoms with van der Waals surface area (Å²) in [5, 5.41) is 2.88. The monoisotopic (exact) mass is 142 g/mol. The fourth-order valence-electron chi connectivity index (χ4n) is 0.255. The third-order valence-electron chi connectivity index (χ3n) is 0.789. The number of hydrogen-bond acceptors (Lipinski definition) is 1. The number of allylic oxidation sites excluding steroid dienone is 1. The van der Waals surface area contributed by atoms with Crippen molar-refractivity contribution >= 4 is 17.3 Å². The second kappa shape index (κ2) is 3.25. The number of nitrogens with two attached hydrogens (primary N) is 1. The van der Waals surface area contributed by atoms with Crippen LogP contribution in [0.3, 0.4) is 0 Å². The Morgan fingerprint density at radius 2 is 2.00 bits per heavy atom. The van der Waals surface area contributed by atoms with E-state index in [1.54, 1.807) is 0 Å². The standard InChI is InChI=1S/C6H10N2S/c1-4(2)5(3)8-6(7)9/h1,3H2,2H3,(H3,7,8,9). The van der Waals surface area contributed by atoms with Crippen molar-refractivity contribution in [2.75, 3.05) is 0 Å². The van der Waals surface area contributed by atoms with E-state index in [0.717, 1.165) is 5.57 Å². The quantitative estimate of drug-likeness (QED) is 0.444. The van der Waals surface area contributed by atoms with Crippen molar-refractivity contribution in [3.63, 3.8) is 0 Å². The first-order valence-electron chi connectivity index (χ1n) is 2.45. The summed E-state index contributed by atoms with van der Waals surface area (Å²) < 4.78 is 0. The lowest BCUT2D eigenvalue weighted by Crippen LogP contribution is -2.28. The van der Waals surface area contributed by atoms with E-state index in [0.29, 0.717) is 5.70 Å². The summed E-state index contributed by atoms with van der Waals surface area (Å²) in [6, 6.07) is 0. The highest BCUT2D eigenvalue weighted by atomic mass is 32.1. The van der Waals surface area contributed by atoms with Crippen LogP contribution < -0.4 is 11.1 Å². The maximum Gasteiger partial charge on any atom is 0.168 e. The third-order valence-corrected chi connectivity index (χ3v) is 0.891. The highest BCUT2D eigenvalue weighted by molar-refractivity contribution is 7.80. The summed E-state index contributed by atoms with van der Waals surface area (Å²) in [5.74, 6) is 0. The van der Waals surface area contributed by atoms with Gasteiger partial charge in [-0.25, -0.2) is 0 Å². The average molecular weight is 142 g/mol. The van der Waals surface area contributed by atoms with E-state index in [2.05, 4.69) is 30.7 Å². The molecule has 0 aromatic heterocycles. The van der Waals surface area contributed by atoms with Crippen molar-refractivity contribution in [2.24, 2.45) is 5.73 Å². The molecule has 9 heavy (non-hydrogen) atoms. The molecule has 0 spiro atoms. The second-order valence-corrected chi connectivity index (χ2v) is 2.19. The maximum atomic E-state index is 5.15. The lowest BCUT2D eigenvalue weighted by Gasteiger charge is -2.04. The van der Waals surface area contributed by atoms with Crippen LogP contribution in [-0.2, 0) is 0 Å². The van der Waals surface area contributed by atoms with Gasteiger partial charge in [-0.1, -0.05) is 13.2 Å². The number of rotatable bonds is 2. The molecule has 0 aromatic rings. The van der Waals surface area contributed by atoms with E-state index in [4.69, 9.17) is 5.73 Å². The molecule has 0 fully saturated rings. The van der Waals surface area contributed by atoms with E-state index < -0.39 is 0 Å². The molecule has 0 atom stereocenters. The normalized spacial score (nSPS) is 8.11. The minimum atomic E-state index is 0.225. The molecule has 0 amide bonds. The zero-order chi connectivity index (χ0) is 7.44. The summed E-state index contributed by atoms with van der Waals surface area (Å²) >= 11 is 4.56. The molecule has 0 bridgehead atoms. The molecule has 0 radical (unpaired) electrons. The summed E-state index contributed by atoms with van der Waals surface area (Å²) in [4.78, 5) is 0. The lowest BCUT2D eigenvalue weighted by molar-refractivity contribution is 1.14. The van der Waals surface area contributed by atoms with Crippen LogP contribution in [0.15, 0.2) is 24.4 Å². The van der Waals surface area contributed by atoms with Gasteiger partial charge in [-0.05, 0) is 24.7 Å².